The summed E-state index contributed by atoms with van der Waals surface area (Å²) in [5.41, 5.74) is 0. The predicted molar refractivity (Wildman–Crippen MR) is 49.7 cm³/mol. The fourth-order valence-corrected chi connectivity index (χ4v) is 2.03. The molecule has 0 radical (unpaired) electrons. The summed E-state index contributed by atoms with van der Waals surface area (Å²) in [7, 11) is 0. The minimum Gasteiger partial charge on any atom is -0.297 e. The smallest absolute Gasteiger partial charge is 0.0638 e. The van der Waals surface area contributed by atoms with Gasteiger partial charge in [-0.05, 0) is 33.2 Å². The van der Waals surface area contributed by atoms with E-state index in [9.17, 15) is 0 Å². The molecule has 1 saturated heterocycles. The Balaban J connectivity index is 2.49. The van der Waals surface area contributed by atoms with Crippen LogP contribution >= 0.6 is 0 Å². The zero-order chi connectivity index (χ0) is 8.97. The van der Waals surface area contributed by atoms with Crippen LogP contribution in [0.4, 0.5) is 0 Å². The lowest BCUT2D eigenvalue weighted by molar-refractivity contribution is 0.114. The predicted octanol–water partition coefficient (Wildman–Crippen LogP) is 2.16. The average molecular weight is 166 g/mol. The number of hydrogen-bond donors (Lipinski definition) is 0. The summed E-state index contributed by atoms with van der Waals surface area (Å²) in [6, 6.07) is 3.41. The van der Waals surface area contributed by atoms with Crippen LogP contribution in [0.2, 0.25) is 0 Å². The second kappa shape index (κ2) is 4.47. The van der Waals surface area contributed by atoms with E-state index in [4.69, 9.17) is 5.26 Å². The van der Waals surface area contributed by atoms with Gasteiger partial charge < -0.3 is 0 Å². The first-order valence-electron chi connectivity index (χ1n) is 4.88. The quantitative estimate of drug-likeness (QED) is 0.628. The van der Waals surface area contributed by atoms with Gasteiger partial charge in [0, 0.05) is 12.1 Å². The molecule has 1 rings (SSSR count). The Labute approximate surface area is 75.2 Å². The van der Waals surface area contributed by atoms with Crippen molar-refractivity contribution >= 4 is 0 Å². The molecule has 0 aliphatic carbocycles. The summed E-state index contributed by atoms with van der Waals surface area (Å²) in [5, 5.41) is 8.64. The molecule has 1 unspecified atom stereocenters. The van der Waals surface area contributed by atoms with Crippen LogP contribution in [0.1, 0.15) is 39.5 Å². The molecular formula is C10H18N2. The SMILES string of the molecule is CC(C)N1CCCCC1CC#N. The highest BCUT2D eigenvalue weighted by atomic mass is 15.2. The van der Waals surface area contributed by atoms with E-state index < -0.39 is 0 Å². The highest BCUT2D eigenvalue weighted by Crippen LogP contribution is 2.21. The van der Waals surface area contributed by atoms with Crippen LogP contribution in [0.25, 0.3) is 0 Å². The molecule has 0 bridgehead atoms. The van der Waals surface area contributed by atoms with Crippen LogP contribution < -0.4 is 0 Å². The Bertz CT molecular complexity index is 169. The summed E-state index contributed by atoms with van der Waals surface area (Å²) in [6.07, 6.45) is 4.53. The van der Waals surface area contributed by atoms with Crippen LogP contribution in [0, 0.1) is 11.3 Å². The summed E-state index contributed by atoms with van der Waals surface area (Å²) < 4.78 is 0. The van der Waals surface area contributed by atoms with Gasteiger partial charge in [-0.25, -0.2) is 0 Å². The van der Waals surface area contributed by atoms with Crippen molar-refractivity contribution in [1.82, 2.24) is 4.90 Å². The number of piperidine rings is 1. The van der Waals surface area contributed by atoms with Gasteiger partial charge in [-0.15, -0.1) is 0 Å². The molecular weight excluding hydrogens is 148 g/mol. The van der Waals surface area contributed by atoms with E-state index in [0.717, 1.165) is 0 Å². The Morgan fingerprint density at radius 1 is 1.50 bits per heavy atom. The van der Waals surface area contributed by atoms with Gasteiger partial charge in [0.1, 0.15) is 0 Å². The number of rotatable bonds is 2. The van der Waals surface area contributed by atoms with E-state index in [-0.39, 0.29) is 0 Å². The standard InChI is InChI=1S/C10H18N2/c1-9(2)12-8-4-3-5-10(12)6-7-11/h9-10H,3-6,8H2,1-2H3. The van der Waals surface area contributed by atoms with Gasteiger partial charge in [0.15, 0.2) is 0 Å². The minimum atomic E-state index is 0.531. The molecule has 1 atom stereocenters. The van der Waals surface area contributed by atoms with Gasteiger partial charge in [-0.2, -0.15) is 5.26 Å². The third-order valence-corrected chi connectivity index (χ3v) is 2.66. The van der Waals surface area contributed by atoms with Crippen molar-refractivity contribution in [3.8, 4) is 6.07 Å². The molecule has 1 aliphatic rings. The number of hydrogen-bond acceptors (Lipinski definition) is 2. The number of likely N-dealkylation sites (tertiary alicyclic amines) is 1. The lowest BCUT2D eigenvalue weighted by Gasteiger charge is -2.37. The van der Waals surface area contributed by atoms with E-state index in [1.54, 1.807) is 0 Å². The molecule has 0 aromatic rings. The first-order valence-corrected chi connectivity index (χ1v) is 4.88. The van der Waals surface area contributed by atoms with Crippen molar-refractivity contribution < 1.29 is 0 Å². The topological polar surface area (TPSA) is 27.0 Å². The summed E-state index contributed by atoms with van der Waals surface area (Å²) in [6.45, 7) is 5.62. The van der Waals surface area contributed by atoms with E-state index in [2.05, 4.69) is 24.8 Å². The van der Waals surface area contributed by atoms with Crippen molar-refractivity contribution in [3.05, 3.63) is 0 Å². The minimum absolute atomic E-state index is 0.531. The molecule has 0 amide bonds. The molecule has 0 saturated carbocycles. The maximum atomic E-state index is 8.64. The largest absolute Gasteiger partial charge is 0.297 e. The molecule has 0 aromatic carbocycles. The molecule has 2 nitrogen and oxygen atoms in total. The molecule has 1 aliphatic heterocycles. The van der Waals surface area contributed by atoms with Crippen molar-refractivity contribution in [1.29, 1.82) is 5.26 Å². The molecule has 0 aromatic heterocycles. The van der Waals surface area contributed by atoms with Crippen LogP contribution in [-0.2, 0) is 0 Å². The summed E-state index contributed by atoms with van der Waals surface area (Å²) in [5.74, 6) is 0. The van der Waals surface area contributed by atoms with Crippen molar-refractivity contribution in [2.45, 2.75) is 51.6 Å². The van der Waals surface area contributed by atoms with Crippen LogP contribution in [0.15, 0.2) is 0 Å². The van der Waals surface area contributed by atoms with Gasteiger partial charge in [-0.3, -0.25) is 4.90 Å². The van der Waals surface area contributed by atoms with Gasteiger partial charge >= 0.3 is 0 Å². The molecule has 68 valence electrons. The van der Waals surface area contributed by atoms with E-state index in [1.807, 2.05) is 0 Å². The Hall–Kier alpha value is -0.550. The average Bonchev–Trinajstić information content (AvgIpc) is 2.05. The lowest BCUT2D eigenvalue weighted by atomic mass is 9.98. The normalized spacial score (nSPS) is 25.7. The Kier molecular flexibility index (Phi) is 3.55. The van der Waals surface area contributed by atoms with E-state index >= 15 is 0 Å². The van der Waals surface area contributed by atoms with Crippen LogP contribution in [0.5, 0.6) is 0 Å². The lowest BCUT2D eigenvalue weighted by Crippen LogP contribution is -2.43. The summed E-state index contributed by atoms with van der Waals surface area (Å²) in [4.78, 5) is 2.46. The highest BCUT2D eigenvalue weighted by molar-refractivity contribution is 4.86. The number of nitriles is 1. The second-order valence-corrected chi connectivity index (χ2v) is 3.84. The molecule has 1 heterocycles. The first kappa shape index (κ1) is 9.54. The monoisotopic (exact) mass is 166 g/mol. The van der Waals surface area contributed by atoms with Crippen molar-refractivity contribution in [2.24, 2.45) is 0 Å². The molecule has 0 N–H and O–H groups in total. The zero-order valence-electron chi connectivity index (χ0n) is 8.08. The fourth-order valence-electron chi connectivity index (χ4n) is 2.03. The van der Waals surface area contributed by atoms with E-state index in [1.165, 1.54) is 25.8 Å². The Morgan fingerprint density at radius 3 is 2.83 bits per heavy atom. The highest BCUT2D eigenvalue weighted by Gasteiger charge is 2.23. The summed E-state index contributed by atoms with van der Waals surface area (Å²) >= 11 is 0. The Morgan fingerprint density at radius 2 is 2.25 bits per heavy atom. The first-order chi connectivity index (χ1) is 5.75. The molecule has 1 fully saturated rings. The maximum absolute atomic E-state index is 8.64. The number of nitrogens with zero attached hydrogens (tertiary/aromatic N) is 2. The third kappa shape index (κ3) is 2.22. The van der Waals surface area contributed by atoms with Gasteiger partial charge in [0.2, 0.25) is 0 Å². The van der Waals surface area contributed by atoms with Crippen LogP contribution in [0.3, 0.4) is 0 Å². The van der Waals surface area contributed by atoms with Gasteiger partial charge in [-0.1, -0.05) is 6.42 Å². The molecule has 2 heteroatoms. The van der Waals surface area contributed by atoms with Crippen molar-refractivity contribution in [3.63, 3.8) is 0 Å². The van der Waals surface area contributed by atoms with Crippen molar-refractivity contribution in [2.75, 3.05) is 6.54 Å². The maximum Gasteiger partial charge on any atom is 0.0638 e. The van der Waals surface area contributed by atoms with E-state index in [0.29, 0.717) is 18.5 Å². The molecule has 0 spiro atoms. The zero-order valence-corrected chi connectivity index (χ0v) is 8.08. The van der Waals surface area contributed by atoms with Crippen LogP contribution in [-0.4, -0.2) is 23.5 Å². The van der Waals surface area contributed by atoms with Gasteiger partial charge in [0.25, 0.3) is 0 Å². The van der Waals surface area contributed by atoms with Gasteiger partial charge in [0.05, 0.1) is 12.5 Å². The second-order valence-electron chi connectivity index (χ2n) is 3.84. The molecule has 12 heavy (non-hydrogen) atoms. The fraction of sp³-hybridized carbons (Fsp3) is 0.900. The third-order valence-electron chi connectivity index (χ3n) is 2.66.